The highest BCUT2D eigenvalue weighted by Gasteiger charge is 2.25. The Morgan fingerprint density at radius 2 is 1.55 bits per heavy atom. The first-order chi connectivity index (χ1) is 15.0. The lowest BCUT2D eigenvalue weighted by Gasteiger charge is -2.35. The van der Waals surface area contributed by atoms with E-state index in [9.17, 15) is 9.59 Å². The molecule has 174 valence electrons. The van der Waals surface area contributed by atoms with Crippen LogP contribution in [0.15, 0.2) is 24.3 Å². The van der Waals surface area contributed by atoms with Crippen molar-refractivity contribution in [3.8, 4) is 0 Å². The first kappa shape index (κ1) is 25.1. The summed E-state index contributed by atoms with van der Waals surface area (Å²) >= 11 is 0. The number of hydrogen-bond acceptors (Lipinski definition) is 7. The van der Waals surface area contributed by atoms with Crippen molar-refractivity contribution < 1.29 is 23.8 Å². The fourth-order valence-corrected chi connectivity index (χ4v) is 3.41. The Labute approximate surface area is 185 Å². The van der Waals surface area contributed by atoms with Gasteiger partial charge in [0, 0.05) is 52.6 Å². The molecule has 2 amide bonds. The van der Waals surface area contributed by atoms with Gasteiger partial charge in [0.05, 0.1) is 25.8 Å². The SMILES string of the molecule is CCOC(CNC(=O)C(=O)NCC(c1ccc(N(C)C)cc1)N1CCOCC1)OCC. The largest absolute Gasteiger partial charge is 0.379 e. The van der Waals surface area contributed by atoms with Crippen LogP contribution in [-0.4, -0.2) is 89.7 Å². The maximum absolute atomic E-state index is 12.4. The van der Waals surface area contributed by atoms with Gasteiger partial charge in [0.2, 0.25) is 0 Å². The standard InChI is InChI=1S/C22H36N4O5/c1-5-30-20(31-6-2)16-24-22(28)21(27)23-15-19(26-11-13-29-14-12-26)17-7-9-18(10-8-17)25(3)4/h7-10,19-20H,5-6,11-16H2,1-4H3,(H,23,27)(H,24,28). The molecule has 1 unspecified atom stereocenters. The number of amides is 2. The van der Waals surface area contributed by atoms with Gasteiger partial charge in [-0.2, -0.15) is 0 Å². The third-order valence-corrected chi connectivity index (χ3v) is 5.08. The van der Waals surface area contributed by atoms with Crippen molar-refractivity contribution in [2.24, 2.45) is 0 Å². The first-order valence-corrected chi connectivity index (χ1v) is 10.8. The minimum absolute atomic E-state index is 0.0449. The summed E-state index contributed by atoms with van der Waals surface area (Å²) in [6, 6.07) is 8.20. The van der Waals surface area contributed by atoms with E-state index in [2.05, 4.69) is 39.8 Å². The topological polar surface area (TPSA) is 92.4 Å². The summed E-state index contributed by atoms with van der Waals surface area (Å²) in [5.74, 6) is -1.37. The van der Waals surface area contributed by atoms with E-state index < -0.39 is 18.1 Å². The van der Waals surface area contributed by atoms with E-state index in [1.54, 1.807) is 0 Å². The lowest BCUT2D eigenvalue weighted by Crippen LogP contribution is -2.48. The lowest BCUT2D eigenvalue weighted by atomic mass is 10.0. The third kappa shape index (κ3) is 8.10. The summed E-state index contributed by atoms with van der Waals surface area (Å²) < 4.78 is 16.2. The van der Waals surface area contributed by atoms with Crippen LogP contribution in [0.25, 0.3) is 0 Å². The Morgan fingerprint density at radius 3 is 2.06 bits per heavy atom. The van der Waals surface area contributed by atoms with Crippen LogP contribution < -0.4 is 15.5 Å². The Hall–Kier alpha value is -2.20. The maximum atomic E-state index is 12.4. The number of carbonyl (C=O) groups excluding carboxylic acids is 2. The van der Waals surface area contributed by atoms with Crippen LogP contribution in [0, 0.1) is 0 Å². The molecule has 1 aromatic rings. The van der Waals surface area contributed by atoms with Crippen LogP contribution in [0.4, 0.5) is 5.69 Å². The molecule has 1 fully saturated rings. The molecule has 1 aromatic carbocycles. The van der Waals surface area contributed by atoms with Gasteiger partial charge < -0.3 is 29.7 Å². The molecule has 0 aromatic heterocycles. The zero-order chi connectivity index (χ0) is 22.6. The third-order valence-electron chi connectivity index (χ3n) is 5.08. The predicted molar refractivity (Wildman–Crippen MR) is 119 cm³/mol. The number of hydrogen-bond donors (Lipinski definition) is 2. The Kier molecular flexibility index (Phi) is 10.7. The van der Waals surface area contributed by atoms with Crippen LogP contribution in [0.3, 0.4) is 0 Å². The van der Waals surface area contributed by atoms with Crippen molar-refractivity contribution in [3.63, 3.8) is 0 Å². The Bertz CT molecular complexity index is 671. The quantitative estimate of drug-likeness (QED) is 0.391. The normalized spacial score (nSPS) is 15.5. The Morgan fingerprint density at radius 1 is 1.00 bits per heavy atom. The molecule has 1 saturated heterocycles. The van der Waals surface area contributed by atoms with Gasteiger partial charge in [-0.1, -0.05) is 12.1 Å². The summed E-state index contributed by atoms with van der Waals surface area (Å²) in [6.45, 7) is 7.89. The number of nitrogens with one attached hydrogen (secondary N) is 2. The highest BCUT2D eigenvalue weighted by Crippen LogP contribution is 2.23. The zero-order valence-corrected chi connectivity index (χ0v) is 19.1. The van der Waals surface area contributed by atoms with Crippen molar-refractivity contribution >= 4 is 17.5 Å². The summed E-state index contributed by atoms with van der Waals surface area (Å²) in [7, 11) is 3.99. The fraction of sp³-hybridized carbons (Fsp3) is 0.636. The van der Waals surface area contributed by atoms with Gasteiger partial charge in [-0.05, 0) is 31.5 Å². The van der Waals surface area contributed by atoms with Crippen LogP contribution in [-0.2, 0) is 23.8 Å². The molecule has 2 N–H and O–H groups in total. The van der Waals surface area contributed by atoms with E-state index in [0.29, 0.717) is 33.0 Å². The summed E-state index contributed by atoms with van der Waals surface area (Å²) in [5.41, 5.74) is 2.19. The van der Waals surface area contributed by atoms with Gasteiger partial charge in [-0.25, -0.2) is 0 Å². The van der Waals surface area contributed by atoms with E-state index >= 15 is 0 Å². The number of rotatable bonds is 11. The first-order valence-electron chi connectivity index (χ1n) is 10.8. The van der Waals surface area contributed by atoms with E-state index in [1.807, 2.05) is 32.8 Å². The second-order valence-corrected chi connectivity index (χ2v) is 7.41. The zero-order valence-electron chi connectivity index (χ0n) is 19.1. The molecule has 1 aliphatic rings. The van der Waals surface area contributed by atoms with E-state index in [-0.39, 0.29) is 12.6 Å². The molecular formula is C22H36N4O5. The summed E-state index contributed by atoms with van der Waals surface area (Å²) in [4.78, 5) is 28.9. The summed E-state index contributed by atoms with van der Waals surface area (Å²) in [5, 5.41) is 5.35. The smallest absolute Gasteiger partial charge is 0.309 e. The van der Waals surface area contributed by atoms with Gasteiger partial charge >= 0.3 is 11.8 Å². The molecule has 0 aliphatic carbocycles. The van der Waals surface area contributed by atoms with E-state index in [0.717, 1.165) is 24.3 Å². The van der Waals surface area contributed by atoms with Gasteiger partial charge in [0.25, 0.3) is 0 Å². The number of ether oxygens (including phenoxy) is 3. The molecule has 0 saturated carbocycles. The van der Waals surface area contributed by atoms with Gasteiger partial charge in [-0.3, -0.25) is 14.5 Å². The van der Waals surface area contributed by atoms with Gasteiger partial charge in [-0.15, -0.1) is 0 Å². The van der Waals surface area contributed by atoms with Crippen LogP contribution in [0.1, 0.15) is 25.5 Å². The maximum Gasteiger partial charge on any atom is 0.309 e. The Balaban J connectivity index is 1.97. The molecule has 0 bridgehead atoms. The molecule has 2 rings (SSSR count). The molecule has 0 radical (unpaired) electrons. The highest BCUT2D eigenvalue weighted by molar-refractivity contribution is 6.35. The van der Waals surface area contributed by atoms with Crippen molar-refractivity contribution in [2.45, 2.75) is 26.2 Å². The van der Waals surface area contributed by atoms with E-state index in [4.69, 9.17) is 14.2 Å². The number of nitrogens with zero attached hydrogens (tertiary/aromatic N) is 2. The highest BCUT2D eigenvalue weighted by atomic mass is 16.7. The molecular weight excluding hydrogens is 400 g/mol. The van der Waals surface area contributed by atoms with Crippen LogP contribution in [0.5, 0.6) is 0 Å². The van der Waals surface area contributed by atoms with Gasteiger partial charge in [0.1, 0.15) is 0 Å². The number of carbonyl (C=O) groups is 2. The number of anilines is 1. The monoisotopic (exact) mass is 436 g/mol. The van der Waals surface area contributed by atoms with Crippen molar-refractivity contribution in [1.82, 2.24) is 15.5 Å². The van der Waals surface area contributed by atoms with Crippen molar-refractivity contribution in [1.29, 1.82) is 0 Å². The molecule has 9 nitrogen and oxygen atoms in total. The second kappa shape index (κ2) is 13.3. The minimum Gasteiger partial charge on any atom is -0.379 e. The minimum atomic E-state index is -0.701. The number of morpholine rings is 1. The molecule has 1 atom stereocenters. The van der Waals surface area contributed by atoms with Crippen molar-refractivity contribution in [3.05, 3.63) is 29.8 Å². The molecule has 9 heteroatoms. The molecule has 1 heterocycles. The number of benzene rings is 1. The van der Waals surface area contributed by atoms with Crippen LogP contribution in [0.2, 0.25) is 0 Å². The van der Waals surface area contributed by atoms with E-state index in [1.165, 1.54) is 0 Å². The van der Waals surface area contributed by atoms with Crippen LogP contribution >= 0.6 is 0 Å². The average molecular weight is 437 g/mol. The second-order valence-electron chi connectivity index (χ2n) is 7.41. The molecule has 1 aliphatic heterocycles. The summed E-state index contributed by atoms with van der Waals surface area (Å²) in [6.07, 6.45) is -0.567. The average Bonchev–Trinajstić information content (AvgIpc) is 2.78. The molecule has 31 heavy (non-hydrogen) atoms. The molecule has 0 spiro atoms. The fourth-order valence-electron chi connectivity index (χ4n) is 3.41. The van der Waals surface area contributed by atoms with Crippen molar-refractivity contribution in [2.75, 3.05) is 71.6 Å². The lowest BCUT2D eigenvalue weighted by molar-refractivity contribution is -0.146. The van der Waals surface area contributed by atoms with Gasteiger partial charge in [0.15, 0.2) is 6.29 Å². The predicted octanol–water partition coefficient (Wildman–Crippen LogP) is 0.757.